The number of nitrogens with one attached hydrogen (secondary N) is 13. The number of aliphatic hydroxyl groups is 1. The van der Waals surface area contributed by atoms with E-state index >= 15 is 0 Å². The third-order valence-corrected chi connectivity index (χ3v) is 17.6. The number of primary amides is 2. The van der Waals surface area contributed by atoms with Crippen molar-refractivity contribution in [3.8, 4) is 0 Å². The number of aliphatic carboxylic acids is 1. The van der Waals surface area contributed by atoms with E-state index in [4.69, 9.17) is 28.7 Å². The average molecular weight is 1510 g/mol. The second kappa shape index (κ2) is 48.7. The molecule has 0 aliphatic carbocycles. The van der Waals surface area contributed by atoms with E-state index in [-0.39, 0.29) is 94.8 Å². The molecule has 0 fully saturated rings. The SMILES string of the molecule is CSCC[C@H](NC(=O)[C@H](CCCCN)NC(=O)[C@H](CC(C)C)NC(=O)[C@H](Cc1cnc[nH]1)NC(=O)[C@H](CC(C)C)NC(=O)[C@H](CO)NC(=O)[C@H](Cc1ccccc1)NC(=O)[C@H](Cc1cnc[nH]1)NC(=O)[C@H](CCC(N)=O)NC(=O)[C@H](CCCCN)NC(=O)[C@H](CC(N)=O)NC(=O)[C@@H](N)CCSC)C(=O)O. The summed E-state index contributed by atoms with van der Waals surface area (Å²) in [4.78, 5) is 207. The Morgan fingerprint density at radius 1 is 0.438 bits per heavy atom. The molecule has 105 heavy (non-hydrogen) atoms. The molecule has 0 saturated carbocycles. The van der Waals surface area contributed by atoms with Crippen molar-refractivity contribution in [1.82, 2.24) is 78.4 Å². The van der Waals surface area contributed by atoms with Crippen LogP contribution in [-0.4, -0.2) is 229 Å². The lowest BCUT2D eigenvalue weighted by atomic mass is 10.00. The smallest absolute Gasteiger partial charge is 0.326 e. The quantitative estimate of drug-likeness (QED) is 0.0239. The number of H-pyrrole nitrogens is 2. The van der Waals surface area contributed by atoms with Crippen molar-refractivity contribution < 1.29 is 77.3 Å². The molecule has 13 amide bonds. The number of amides is 13. The summed E-state index contributed by atoms with van der Waals surface area (Å²) < 4.78 is 0. The summed E-state index contributed by atoms with van der Waals surface area (Å²) >= 11 is 2.81. The highest BCUT2D eigenvalue weighted by molar-refractivity contribution is 7.98. The predicted octanol–water partition coefficient (Wildman–Crippen LogP) is -4.10. The van der Waals surface area contributed by atoms with Gasteiger partial charge in [-0.1, -0.05) is 58.0 Å². The van der Waals surface area contributed by atoms with Crippen LogP contribution in [0, 0.1) is 11.8 Å². The summed E-state index contributed by atoms with van der Waals surface area (Å²) in [5.74, 6) is -13.0. The third-order valence-electron chi connectivity index (χ3n) is 16.3. The van der Waals surface area contributed by atoms with Crippen LogP contribution < -0.4 is 87.2 Å². The Balaban J connectivity index is 1.98. The van der Waals surface area contributed by atoms with E-state index in [0.717, 1.165) is 0 Å². The van der Waals surface area contributed by atoms with Crippen molar-refractivity contribution in [3.05, 3.63) is 72.3 Å². The number of thioether (sulfide) groups is 2. The second-order valence-electron chi connectivity index (χ2n) is 26.1. The van der Waals surface area contributed by atoms with Gasteiger partial charge in [-0.25, -0.2) is 14.8 Å². The molecule has 3 aromatic rings. The van der Waals surface area contributed by atoms with Gasteiger partial charge in [0.2, 0.25) is 76.8 Å². The van der Waals surface area contributed by atoms with E-state index in [1.54, 1.807) is 70.5 Å². The maximum Gasteiger partial charge on any atom is 0.326 e. The fraction of sp³-hybridized carbons (Fsp3) is 0.612. The lowest BCUT2D eigenvalue weighted by Crippen LogP contribution is -2.62. The lowest BCUT2D eigenvalue weighted by Gasteiger charge is -2.29. The third kappa shape index (κ3) is 34.5. The highest BCUT2D eigenvalue weighted by atomic mass is 32.2. The minimum Gasteiger partial charge on any atom is -0.480 e. The summed E-state index contributed by atoms with van der Waals surface area (Å²) in [5.41, 5.74) is 29.6. The highest BCUT2D eigenvalue weighted by Gasteiger charge is 2.38. The zero-order valence-electron chi connectivity index (χ0n) is 60.3. The van der Waals surface area contributed by atoms with Crippen molar-refractivity contribution >= 4 is 106 Å². The largest absolute Gasteiger partial charge is 0.480 e. The van der Waals surface area contributed by atoms with Crippen LogP contribution in [0.25, 0.3) is 0 Å². The normalized spacial score (nSPS) is 14.7. The monoisotopic (exact) mass is 1510 g/mol. The fourth-order valence-electron chi connectivity index (χ4n) is 10.7. The first-order chi connectivity index (χ1) is 49.9. The van der Waals surface area contributed by atoms with Crippen LogP contribution in [0.3, 0.4) is 0 Å². The predicted molar refractivity (Wildman–Crippen MR) is 392 cm³/mol. The molecular weight excluding hydrogens is 1400 g/mol. The van der Waals surface area contributed by atoms with Gasteiger partial charge in [0.25, 0.3) is 0 Å². The number of carbonyl (C=O) groups excluding carboxylic acids is 13. The Bertz CT molecular complexity index is 3260. The van der Waals surface area contributed by atoms with Crippen molar-refractivity contribution in [3.63, 3.8) is 0 Å². The van der Waals surface area contributed by atoms with E-state index in [9.17, 15) is 77.3 Å². The first-order valence-electron chi connectivity index (χ1n) is 34.8. The molecule has 12 atom stereocenters. The van der Waals surface area contributed by atoms with Gasteiger partial charge in [-0.3, -0.25) is 62.3 Å². The van der Waals surface area contributed by atoms with E-state index in [1.807, 2.05) is 0 Å². The maximum absolute atomic E-state index is 14.8. The van der Waals surface area contributed by atoms with Crippen LogP contribution in [0.1, 0.15) is 128 Å². The van der Waals surface area contributed by atoms with Crippen LogP contribution in [0.2, 0.25) is 0 Å². The van der Waals surface area contributed by atoms with Gasteiger partial charge in [0.05, 0.1) is 31.7 Å². The minimum atomic E-state index is -1.82. The number of nitrogens with zero attached hydrogens (tertiary/aromatic N) is 2. The van der Waals surface area contributed by atoms with Crippen LogP contribution in [-0.2, 0) is 86.4 Å². The second-order valence-corrected chi connectivity index (χ2v) is 28.1. The number of unbranched alkanes of at least 4 members (excludes halogenated alkanes) is 2. The van der Waals surface area contributed by atoms with Crippen molar-refractivity contribution in [1.29, 1.82) is 0 Å². The van der Waals surface area contributed by atoms with Crippen LogP contribution in [0.5, 0.6) is 0 Å². The van der Waals surface area contributed by atoms with E-state index < -0.39 is 181 Å². The molecule has 0 aliphatic rings. The topological polar surface area (TPSA) is 599 Å². The number of aromatic nitrogens is 4. The number of hydrogen-bond acceptors (Lipinski definition) is 22. The first-order valence-corrected chi connectivity index (χ1v) is 37.6. The molecule has 0 unspecified atom stereocenters. The van der Waals surface area contributed by atoms with Gasteiger partial charge >= 0.3 is 5.97 Å². The molecule has 36 nitrogen and oxygen atoms in total. The number of carboxylic acids is 1. The van der Waals surface area contributed by atoms with Gasteiger partial charge in [-0.15, -0.1) is 0 Å². The summed E-state index contributed by atoms with van der Waals surface area (Å²) in [5, 5.41) is 49.0. The standard InChI is InChI=1S/C67H108N20O16S2/c1-37(2)26-47(60(95)77-44(17-11-13-23-69)58(93)80-46(67(102)103)21-25-105-6)82-63(98)51(30-41-33-74-36-76-41)86-61(96)48(27-38(3)4)83-66(101)53(34-88)87-62(97)49(28-39-14-8-7-9-15-39)84-64(99)50(29-40-32-73-35-75-40)85-59(94)45(18-19-54(71)89)79-57(92)43(16-10-12-22-68)78-65(100)52(31-55(72)90)81-56(91)42(70)20-24-104-5/h7-9,14-15,32-33,35-38,42-53,88H,10-13,16-31,34,68-70H2,1-6H3,(H2,71,89)(H2,72,90)(H,73,75)(H,74,76)(H,77,95)(H,78,100)(H,79,92)(H,80,93)(H,81,91)(H,82,98)(H,83,101)(H,84,99)(H,85,94)(H,86,96)(H,87,97)(H,102,103)/t42-,43-,44-,45-,46-,47-,48-,49-,50-,51-,52-,53-/m0/s1. The zero-order valence-corrected chi connectivity index (χ0v) is 62.0. The number of aromatic amines is 2. The molecule has 1 aromatic carbocycles. The Morgan fingerprint density at radius 2 is 0.800 bits per heavy atom. The molecule has 3 rings (SSSR count). The molecule has 0 aliphatic heterocycles. The number of carbonyl (C=O) groups is 14. The summed E-state index contributed by atoms with van der Waals surface area (Å²) in [6.07, 6.45) is 8.27. The molecule has 25 N–H and O–H groups in total. The van der Waals surface area contributed by atoms with Gasteiger partial charge in [0.15, 0.2) is 0 Å². The molecule has 0 spiro atoms. The van der Waals surface area contributed by atoms with Gasteiger partial charge in [-0.2, -0.15) is 23.5 Å². The number of rotatable bonds is 53. The molecule has 2 aromatic heterocycles. The number of carboxylic acid groups (broad SMARTS) is 1. The Kier molecular flexibility index (Phi) is 41.7. The molecule has 2 heterocycles. The van der Waals surface area contributed by atoms with Crippen LogP contribution in [0.15, 0.2) is 55.4 Å². The van der Waals surface area contributed by atoms with Gasteiger partial charge < -0.3 is 107 Å². The maximum atomic E-state index is 14.8. The van der Waals surface area contributed by atoms with E-state index in [1.165, 1.54) is 48.6 Å². The average Bonchev–Trinajstić information content (AvgIpc) is 1.48. The number of nitrogens with two attached hydrogens (primary N) is 5. The van der Waals surface area contributed by atoms with E-state index in [2.05, 4.69) is 78.4 Å². The number of hydrogen-bond donors (Lipinski definition) is 20. The lowest BCUT2D eigenvalue weighted by molar-refractivity contribution is -0.142. The summed E-state index contributed by atoms with van der Waals surface area (Å²) in [6, 6.07) is -9.27. The van der Waals surface area contributed by atoms with Crippen molar-refractivity contribution in [2.75, 3.05) is 43.7 Å². The van der Waals surface area contributed by atoms with E-state index in [0.29, 0.717) is 42.0 Å². The van der Waals surface area contributed by atoms with Crippen LogP contribution >= 0.6 is 23.5 Å². The number of aliphatic hydroxyl groups excluding tert-OH is 1. The van der Waals surface area contributed by atoms with Crippen molar-refractivity contribution in [2.45, 2.75) is 203 Å². The summed E-state index contributed by atoms with van der Waals surface area (Å²) in [6.45, 7) is 6.44. The van der Waals surface area contributed by atoms with Crippen molar-refractivity contribution in [2.24, 2.45) is 40.5 Å². The molecule has 0 saturated heterocycles. The summed E-state index contributed by atoms with van der Waals surface area (Å²) in [7, 11) is 0. The molecule has 38 heteroatoms. The Hall–Kier alpha value is -9.24. The molecule has 0 bridgehead atoms. The minimum absolute atomic E-state index is 0.0398. The van der Waals surface area contributed by atoms with Crippen LogP contribution in [0.4, 0.5) is 0 Å². The zero-order chi connectivity index (χ0) is 78.1. The Morgan fingerprint density at radius 3 is 1.19 bits per heavy atom. The Labute approximate surface area is 618 Å². The van der Waals surface area contributed by atoms with Gasteiger partial charge in [0, 0.05) is 49.5 Å². The molecule has 0 radical (unpaired) electrons. The first kappa shape index (κ1) is 90.0. The number of imidazole rings is 2. The number of benzene rings is 1. The van der Waals surface area contributed by atoms with Gasteiger partial charge in [-0.05, 0) is 125 Å². The fourth-order valence-corrected chi connectivity index (χ4v) is 11.6. The molecular formula is C67H108N20O16S2. The highest BCUT2D eigenvalue weighted by Crippen LogP contribution is 2.15. The molecule has 584 valence electrons. The van der Waals surface area contributed by atoms with Gasteiger partial charge in [0.1, 0.15) is 66.5 Å².